The zero-order valence-electron chi connectivity index (χ0n) is 23.4. The Morgan fingerprint density at radius 3 is 2.76 bits per heavy atom. The first-order chi connectivity index (χ1) is 20.1. The second-order valence-corrected chi connectivity index (χ2v) is 12.5. The molecule has 42 heavy (non-hydrogen) atoms. The molecule has 4 aliphatic heterocycles. The molecule has 3 fully saturated rings. The number of aromatic nitrogens is 4. The highest BCUT2D eigenvalue weighted by molar-refractivity contribution is 8.03. The minimum Gasteiger partial charge on any atom is -0.477 e. The molecule has 0 spiro atoms. The molecule has 17 heteroatoms. The average Bonchev–Trinajstić information content (AvgIpc) is 3.73. The predicted molar refractivity (Wildman–Crippen MR) is 148 cm³/mol. The summed E-state index contributed by atoms with van der Waals surface area (Å²) in [4.78, 5) is 66.7. The van der Waals surface area contributed by atoms with Crippen molar-refractivity contribution in [2.75, 3.05) is 26.2 Å². The molecule has 0 unspecified atom stereocenters. The number of hydrogen-bond donors (Lipinski definition) is 5. The molecule has 1 aromatic heterocycles. The van der Waals surface area contributed by atoms with E-state index in [4.69, 9.17) is 5.73 Å². The summed E-state index contributed by atoms with van der Waals surface area (Å²) in [5.74, 6) is -2.86. The number of tetrazole rings is 1. The van der Waals surface area contributed by atoms with E-state index in [0.29, 0.717) is 37.4 Å². The third-order valence-electron chi connectivity index (χ3n) is 8.33. The van der Waals surface area contributed by atoms with Crippen molar-refractivity contribution in [1.82, 2.24) is 46.0 Å². The number of likely N-dealkylation sites (tertiary alicyclic amines) is 1. The molecule has 0 bridgehead atoms. The maximum Gasteiger partial charge on any atom is 0.353 e. The van der Waals surface area contributed by atoms with Crippen LogP contribution in [0.3, 0.4) is 0 Å². The van der Waals surface area contributed by atoms with Gasteiger partial charge in [-0.05, 0) is 30.2 Å². The summed E-state index contributed by atoms with van der Waals surface area (Å²) in [7, 11) is 0. The summed E-state index contributed by atoms with van der Waals surface area (Å²) in [5.41, 5.74) is 5.42. The quantitative estimate of drug-likeness (QED) is 0.165. The number of nitrogens with zero attached hydrogens (tertiary/aromatic N) is 6. The minimum absolute atomic E-state index is 0.0173. The van der Waals surface area contributed by atoms with Crippen molar-refractivity contribution >= 4 is 41.4 Å². The van der Waals surface area contributed by atoms with Gasteiger partial charge in [-0.2, -0.15) is 0 Å². The number of hydrogen-bond acceptors (Lipinski definition) is 11. The van der Waals surface area contributed by atoms with Crippen molar-refractivity contribution in [3.05, 3.63) is 16.9 Å². The van der Waals surface area contributed by atoms with Crippen LogP contribution in [-0.2, 0) is 30.5 Å². The van der Waals surface area contributed by atoms with Crippen molar-refractivity contribution in [3.8, 4) is 0 Å². The molecular formula is C25H36N10O6S. The molecular weight excluding hydrogens is 568 g/mol. The van der Waals surface area contributed by atoms with Gasteiger partial charge in [0.2, 0.25) is 23.6 Å². The van der Waals surface area contributed by atoms with Crippen LogP contribution in [0.4, 0.5) is 0 Å². The fraction of sp³-hybridized carbons (Fsp3) is 0.680. The molecule has 7 atom stereocenters. The number of rotatable bonds is 11. The van der Waals surface area contributed by atoms with Crippen molar-refractivity contribution in [2.45, 2.75) is 69.1 Å². The number of thioether (sulfide) groups is 1. The van der Waals surface area contributed by atoms with Crippen LogP contribution in [0.15, 0.2) is 16.9 Å². The monoisotopic (exact) mass is 604 g/mol. The van der Waals surface area contributed by atoms with E-state index >= 15 is 0 Å². The number of carbonyl (C=O) groups is 5. The van der Waals surface area contributed by atoms with E-state index < -0.39 is 30.0 Å². The van der Waals surface area contributed by atoms with Crippen molar-refractivity contribution in [3.63, 3.8) is 0 Å². The van der Waals surface area contributed by atoms with E-state index in [0.717, 1.165) is 0 Å². The van der Waals surface area contributed by atoms with Crippen LogP contribution in [0.5, 0.6) is 0 Å². The topological polar surface area (TPSA) is 218 Å². The number of nitrogens with one attached hydrogen (secondary N) is 3. The van der Waals surface area contributed by atoms with E-state index in [-0.39, 0.29) is 66.0 Å². The Hall–Kier alpha value is -3.57. The van der Waals surface area contributed by atoms with Crippen LogP contribution >= 0.6 is 11.8 Å². The maximum atomic E-state index is 13.2. The smallest absolute Gasteiger partial charge is 0.353 e. The van der Waals surface area contributed by atoms with Crippen LogP contribution in [0.2, 0.25) is 0 Å². The van der Waals surface area contributed by atoms with Gasteiger partial charge in [0.15, 0.2) is 0 Å². The van der Waals surface area contributed by atoms with Gasteiger partial charge < -0.3 is 36.6 Å². The van der Waals surface area contributed by atoms with Gasteiger partial charge in [-0.3, -0.25) is 19.2 Å². The third-order valence-corrected chi connectivity index (χ3v) is 9.85. The summed E-state index contributed by atoms with van der Waals surface area (Å²) in [6.45, 7) is 5.33. The standard InChI is InChI=1S/C25H36N10O6S/c1-12-20-19(13(2)29-18(37)10-34-11-28-31-32-34)24(39)35(20)21(25(40)41)22(12)42-15-7-16(27-8-15)23(38)33-6-4-14(9-33)30-17(36)3-5-26/h11-16,19-20,27H,3-10,26H2,1-2H3,(H,29,37)(H,30,36)(H,40,41)/t12-,13-,14-,15+,16+,19-,20-/m1/s1. The number of fused-ring (bicyclic) bond motifs is 1. The Morgan fingerprint density at radius 1 is 1.29 bits per heavy atom. The van der Waals surface area contributed by atoms with Gasteiger partial charge in [-0.25, -0.2) is 9.48 Å². The minimum atomic E-state index is -1.17. The number of aliphatic carboxylic acids is 1. The number of amides is 4. The molecule has 5 rings (SSSR count). The van der Waals surface area contributed by atoms with Crippen LogP contribution in [0.25, 0.3) is 0 Å². The van der Waals surface area contributed by atoms with E-state index in [1.165, 1.54) is 27.7 Å². The lowest BCUT2D eigenvalue weighted by atomic mass is 9.78. The fourth-order valence-electron chi connectivity index (χ4n) is 6.38. The van der Waals surface area contributed by atoms with Gasteiger partial charge in [0.25, 0.3) is 0 Å². The zero-order chi connectivity index (χ0) is 30.1. The van der Waals surface area contributed by atoms with Gasteiger partial charge in [0.05, 0.1) is 18.0 Å². The predicted octanol–water partition coefficient (Wildman–Crippen LogP) is -2.52. The van der Waals surface area contributed by atoms with E-state index in [9.17, 15) is 29.1 Å². The van der Waals surface area contributed by atoms with Crippen molar-refractivity contribution < 1.29 is 29.1 Å². The van der Waals surface area contributed by atoms with Gasteiger partial charge in [-0.1, -0.05) is 6.92 Å². The third kappa shape index (κ3) is 5.85. The molecule has 0 aliphatic carbocycles. The molecule has 1 aromatic rings. The Kier molecular flexibility index (Phi) is 8.79. The number of carboxylic acids is 1. The highest BCUT2D eigenvalue weighted by Gasteiger charge is 2.60. The first-order valence-electron chi connectivity index (χ1n) is 14.1. The molecule has 0 radical (unpaired) electrons. The van der Waals surface area contributed by atoms with Crippen molar-refractivity contribution in [2.24, 2.45) is 17.6 Å². The zero-order valence-corrected chi connectivity index (χ0v) is 24.2. The molecule has 4 amide bonds. The number of carbonyl (C=O) groups excluding carboxylic acids is 4. The highest BCUT2D eigenvalue weighted by Crippen LogP contribution is 2.51. The number of carboxylic acid groups (broad SMARTS) is 1. The maximum absolute atomic E-state index is 13.2. The van der Waals surface area contributed by atoms with Gasteiger partial charge in [-0.15, -0.1) is 16.9 Å². The van der Waals surface area contributed by atoms with Crippen LogP contribution in [0, 0.1) is 11.8 Å². The summed E-state index contributed by atoms with van der Waals surface area (Å²) < 4.78 is 1.27. The summed E-state index contributed by atoms with van der Waals surface area (Å²) in [6, 6.07) is -1.42. The van der Waals surface area contributed by atoms with Gasteiger partial charge in [0, 0.05) is 60.8 Å². The number of β-lactam (4-membered cyclic amide) rings is 1. The summed E-state index contributed by atoms with van der Waals surface area (Å²) >= 11 is 1.41. The van der Waals surface area contributed by atoms with Crippen molar-refractivity contribution in [1.29, 1.82) is 0 Å². The fourth-order valence-corrected chi connectivity index (χ4v) is 7.85. The molecule has 5 heterocycles. The Morgan fingerprint density at radius 2 is 2.07 bits per heavy atom. The average molecular weight is 605 g/mol. The van der Waals surface area contributed by atoms with Gasteiger partial charge >= 0.3 is 5.97 Å². The Balaban J connectivity index is 1.18. The second kappa shape index (κ2) is 12.3. The van der Waals surface area contributed by atoms with Crippen LogP contribution < -0.4 is 21.7 Å². The SMILES string of the molecule is C[C@@H](NC(=O)Cn1cnnn1)[C@H]1C(=O)N2C(C(=O)O)=C(S[C@@H]3CN[C@H](C(=O)N4CC[C@@H](NC(=O)CCN)C4)C3)[C@H](C)[C@H]12. The highest BCUT2D eigenvalue weighted by atomic mass is 32.2. The first kappa shape index (κ1) is 29.9. The molecule has 6 N–H and O–H groups in total. The lowest BCUT2D eigenvalue weighted by molar-refractivity contribution is -0.158. The van der Waals surface area contributed by atoms with Crippen LogP contribution in [-0.4, -0.2) is 120 Å². The molecule has 16 nitrogen and oxygen atoms in total. The van der Waals surface area contributed by atoms with Crippen LogP contribution in [0.1, 0.15) is 33.1 Å². The lowest BCUT2D eigenvalue weighted by Gasteiger charge is -2.47. The summed E-state index contributed by atoms with van der Waals surface area (Å²) in [5, 5.41) is 29.7. The lowest BCUT2D eigenvalue weighted by Crippen LogP contribution is -2.66. The van der Waals surface area contributed by atoms with E-state index in [2.05, 4.69) is 31.5 Å². The Labute approximate surface area is 246 Å². The first-order valence-corrected chi connectivity index (χ1v) is 15.0. The van der Waals surface area contributed by atoms with E-state index in [1.807, 2.05) is 6.92 Å². The largest absolute Gasteiger partial charge is 0.477 e. The van der Waals surface area contributed by atoms with Gasteiger partial charge in [0.1, 0.15) is 18.6 Å². The Bertz CT molecular complexity index is 1270. The molecule has 0 aromatic carbocycles. The second-order valence-electron chi connectivity index (χ2n) is 11.2. The van der Waals surface area contributed by atoms with E-state index in [1.54, 1.807) is 11.8 Å². The number of nitrogens with two attached hydrogens (primary N) is 1. The molecule has 4 aliphatic rings. The molecule has 228 valence electrons. The molecule has 0 saturated carbocycles. The molecule has 3 saturated heterocycles. The summed E-state index contributed by atoms with van der Waals surface area (Å²) in [6.07, 6.45) is 2.76. The normalized spacial score (nSPS) is 29.4.